The first-order valence-electron chi connectivity index (χ1n) is 7.52. The molecule has 0 unspecified atom stereocenters. The molecule has 1 N–H and O–H groups in total. The molecule has 0 aromatic heterocycles. The number of amides is 1. The summed E-state index contributed by atoms with van der Waals surface area (Å²) in [6, 6.07) is 10.2. The highest BCUT2D eigenvalue weighted by molar-refractivity contribution is 6.26. The van der Waals surface area contributed by atoms with E-state index in [1.807, 2.05) is 0 Å². The average Bonchev–Trinajstić information content (AvgIpc) is 2.54. The van der Waals surface area contributed by atoms with Crippen molar-refractivity contribution in [2.24, 2.45) is 0 Å². The molecule has 0 spiro atoms. The fourth-order valence-corrected chi connectivity index (χ4v) is 2.62. The number of Topliss-reactive ketones (excluding diaryl/α,β-unsaturated/α-hetero) is 2. The topological polar surface area (TPSA) is 72.5 Å². The molecule has 0 atom stereocenters. The van der Waals surface area contributed by atoms with Gasteiger partial charge in [0.15, 0.2) is 0 Å². The first-order chi connectivity index (χ1) is 11.9. The number of ketones is 2. The molecule has 1 aliphatic rings. The molecule has 3 rings (SSSR count). The molecular formula is C19H14FNO4. The van der Waals surface area contributed by atoms with Crippen LogP contribution in [0.4, 0.5) is 4.39 Å². The molecule has 25 heavy (non-hydrogen) atoms. The van der Waals surface area contributed by atoms with E-state index in [0.29, 0.717) is 5.56 Å². The Hall–Kier alpha value is -3.28. The summed E-state index contributed by atoms with van der Waals surface area (Å²) in [6.07, 6.45) is 0. The number of nitrogens with one attached hydrogen (secondary N) is 1. The molecule has 0 bridgehead atoms. The number of fused-ring (bicyclic) bond motifs is 1. The molecule has 0 aliphatic heterocycles. The van der Waals surface area contributed by atoms with Crippen LogP contribution in [0, 0.1) is 12.7 Å². The summed E-state index contributed by atoms with van der Waals surface area (Å²) in [4.78, 5) is 36.9. The third-order valence-corrected chi connectivity index (χ3v) is 3.61. The molecule has 0 saturated carbocycles. The van der Waals surface area contributed by atoms with Crippen molar-refractivity contribution >= 4 is 17.5 Å². The van der Waals surface area contributed by atoms with Crippen LogP contribution >= 0.6 is 0 Å². The van der Waals surface area contributed by atoms with E-state index in [1.54, 1.807) is 19.1 Å². The number of benzene rings is 2. The third kappa shape index (κ3) is 3.19. The molecule has 2 aromatic carbocycles. The zero-order valence-corrected chi connectivity index (χ0v) is 13.6. The third-order valence-electron chi connectivity index (χ3n) is 3.61. The van der Waals surface area contributed by atoms with Crippen molar-refractivity contribution < 1.29 is 23.5 Å². The van der Waals surface area contributed by atoms with Gasteiger partial charge in [0.25, 0.3) is 0 Å². The number of allylic oxidation sites excluding steroid dienone is 2. The highest BCUT2D eigenvalue weighted by Gasteiger charge is 2.34. The van der Waals surface area contributed by atoms with Crippen LogP contribution in [0.3, 0.4) is 0 Å². The van der Waals surface area contributed by atoms with Crippen LogP contribution in [-0.2, 0) is 4.79 Å². The minimum Gasteiger partial charge on any atom is -0.451 e. The molecule has 0 saturated heterocycles. The molecule has 0 radical (unpaired) electrons. The van der Waals surface area contributed by atoms with Crippen LogP contribution < -0.4 is 10.1 Å². The summed E-state index contributed by atoms with van der Waals surface area (Å²) in [5.74, 6) is -2.41. The normalized spacial score (nSPS) is 13.6. The van der Waals surface area contributed by atoms with Gasteiger partial charge in [-0.1, -0.05) is 24.3 Å². The standard InChI is InChI=1S/C19H14FNO4/c1-10-7-12(20)9-13(8-10)25-19-16(21-11(2)22)17(23)14-5-3-4-6-15(14)18(19)24/h3-9H,1-2H3,(H,21,22). The molecule has 1 aliphatic carbocycles. The molecule has 5 nitrogen and oxygen atoms in total. The largest absolute Gasteiger partial charge is 0.451 e. The fourth-order valence-electron chi connectivity index (χ4n) is 2.62. The van der Waals surface area contributed by atoms with Crippen molar-refractivity contribution in [1.29, 1.82) is 0 Å². The summed E-state index contributed by atoms with van der Waals surface area (Å²) >= 11 is 0. The number of aryl methyl sites for hydroxylation is 1. The second-order valence-corrected chi connectivity index (χ2v) is 5.66. The zero-order valence-electron chi connectivity index (χ0n) is 13.6. The summed E-state index contributed by atoms with van der Waals surface area (Å²) in [5, 5.41) is 2.35. The molecular weight excluding hydrogens is 325 g/mol. The summed E-state index contributed by atoms with van der Waals surface area (Å²) < 4.78 is 19.1. The van der Waals surface area contributed by atoms with E-state index in [1.165, 1.54) is 31.2 Å². The maximum Gasteiger partial charge on any atom is 0.231 e. The Kier molecular flexibility index (Phi) is 4.19. The predicted molar refractivity (Wildman–Crippen MR) is 87.7 cm³/mol. The van der Waals surface area contributed by atoms with Crippen molar-refractivity contribution in [3.8, 4) is 5.75 Å². The van der Waals surface area contributed by atoms with Gasteiger partial charge in [-0.15, -0.1) is 0 Å². The van der Waals surface area contributed by atoms with Crippen LogP contribution in [0.1, 0.15) is 33.2 Å². The maximum absolute atomic E-state index is 13.6. The number of rotatable bonds is 3. The summed E-state index contributed by atoms with van der Waals surface area (Å²) in [6.45, 7) is 2.89. The van der Waals surface area contributed by atoms with Crippen LogP contribution in [-0.4, -0.2) is 17.5 Å². The Labute approximate surface area is 143 Å². The van der Waals surface area contributed by atoms with Crippen LogP contribution in [0.2, 0.25) is 0 Å². The molecule has 0 fully saturated rings. The van der Waals surface area contributed by atoms with E-state index in [4.69, 9.17) is 4.74 Å². The minimum absolute atomic E-state index is 0.0656. The van der Waals surface area contributed by atoms with E-state index in [-0.39, 0.29) is 28.3 Å². The van der Waals surface area contributed by atoms with Gasteiger partial charge in [-0.25, -0.2) is 4.39 Å². The van der Waals surface area contributed by atoms with E-state index in [2.05, 4.69) is 5.32 Å². The maximum atomic E-state index is 13.6. The van der Waals surface area contributed by atoms with Crippen LogP contribution in [0.15, 0.2) is 53.9 Å². The van der Waals surface area contributed by atoms with Gasteiger partial charge in [-0.3, -0.25) is 14.4 Å². The van der Waals surface area contributed by atoms with E-state index < -0.39 is 23.3 Å². The van der Waals surface area contributed by atoms with Gasteiger partial charge in [0.1, 0.15) is 17.3 Å². The van der Waals surface area contributed by atoms with E-state index >= 15 is 0 Å². The summed E-state index contributed by atoms with van der Waals surface area (Å²) in [5.41, 5.74) is 0.688. The predicted octanol–water partition coefficient (Wildman–Crippen LogP) is 2.94. The average molecular weight is 339 g/mol. The Balaban J connectivity index is 2.12. The highest BCUT2D eigenvalue weighted by atomic mass is 19.1. The lowest BCUT2D eigenvalue weighted by Crippen LogP contribution is -2.34. The van der Waals surface area contributed by atoms with Gasteiger partial charge in [0.05, 0.1) is 0 Å². The first kappa shape index (κ1) is 16.6. The van der Waals surface area contributed by atoms with Crippen LogP contribution in [0.5, 0.6) is 5.75 Å². The number of halogens is 1. The van der Waals surface area contributed by atoms with Crippen molar-refractivity contribution in [1.82, 2.24) is 5.32 Å². The van der Waals surface area contributed by atoms with Gasteiger partial charge in [0.2, 0.25) is 23.2 Å². The second kappa shape index (κ2) is 6.32. The number of ether oxygens (including phenoxy) is 1. The second-order valence-electron chi connectivity index (χ2n) is 5.66. The Morgan fingerprint density at radius 1 is 1.04 bits per heavy atom. The lowest BCUT2D eigenvalue weighted by molar-refractivity contribution is -0.118. The molecule has 126 valence electrons. The smallest absolute Gasteiger partial charge is 0.231 e. The lowest BCUT2D eigenvalue weighted by atomic mass is 9.91. The molecule has 6 heteroatoms. The van der Waals surface area contributed by atoms with Crippen molar-refractivity contribution in [2.75, 3.05) is 0 Å². The minimum atomic E-state index is -0.555. The van der Waals surface area contributed by atoms with E-state index in [9.17, 15) is 18.8 Å². The number of carbonyl (C=O) groups excluding carboxylic acids is 3. The van der Waals surface area contributed by atoms with Crippen molar-refractivity contribution in [3.63, 3.8) is 0 Å². The van der Waals surface area contributed by atoms with Crippen LogP contribution in [0.25, 0.3) is 0 Å². The number of carbonyl (C=O) groups is 3. The number of hydrogen-bond acceptors (Lipinski definition) is 4. The fraction of sp³-hybridized carbons (Fsp3) is 0.105. The Morgan fingerprint density at radius 2 is 1.68 bits per heavy atom. The Morgan fingerprint density at radius 3 is 2.28 bits per heavy atom. The monoisotopic (exact) mass is 339 g/mol. The van der Waals surface area contributed by atoms with E-state index in [0.717, 1.165) is 6.07 Å². The molecule has 1 amide bonds. The zero-order chi connectivity index (χ0) is 18.1. The molecule has 2 aromatic rings. The number of hydrogen-bond donors (Lipinski definition) is 1. The van der Waals surface area contributed by atoms with Crippen molar-refractivity contribution in [2.45, 2.75) is 13.8 Å². The lowest BCUT2D eigenvalue weighted by Gasteiger charge is -2.21. The van der Waals surface area contributed by atoms with Gasteiger partial charge < -0.3 is 10.1 Å². The van der Waals surface area contributed by atoms with Crippen molar-refractivity contribution in [3.05, 3.63) is 76.4 Å². The summed E-state index contributed by atoms with van der Waals surface area (Å²) in [7, 11) is 0. The SMILES string of the molecule is CC(=O)NC1=C(Oc2cc(C)cc(F)c2)C(=O)c2ccccc2C1=O. The van der Waals surface area contributed by atoms with Gasteiger partial charge in [-0.05, 0) is 24.6 Å². The van der Waals surface area contributed by atoms with Gasteiger partial charge >= 0.3 is 0 Å². The quantitative estimate of drug-likeness (QED) is 0.933. The first-order valence-corrected chi connectivity index (χ1v) is 7.52. The Bertz CT molecular complexity index is 926. The highest BCUT2D eigenvalue weighted by Crippen LogP contribution is 2.28. The van der Waals surface area contributed by atoms with Gasteiger partial charge in [-0.2, -0.15) is 0 Å². The van der Waals surface area contributed by atoms with Gasteiger partial charge in [0, 0.05) is 24.1 Å². The molecule has 0 heterocycles.